The fourth-order valence-electron chi connectivity index (χ4n) is 9.74. The molecule has 5 aliphatic carbocycles. The Morgan fingerprint density at radius 1 is 0.830 bits per heavy atom. The summed E-state index contributed by atoms with van der Waals surface area (Å²) < 4.78 is 0. The van der Waals surface area contributed by atoms with E-state index in [1.807, 2.05) is 0 Å². The van der Waals surface area contributed by atoms with Crippen LogP contribution in [0.2, 0.25) is 0 Å². The fraction of sp³-hybridized carbons (Fsp3) is 0.423. The number of unbranched alkanes of at least 4 members (excludes halogenated alkanes) is 2. The molecule has 7 rings (SSSR count). The Morgan fingerprint density at radius 3 is 2.45 bits per heavy atom. The van der Waals surface area contributed by atoms with Crippen LogP contribution in [-0.2, 0) is 0 Å². The van der Waals surface area contributed by atoms with Gasteiger partial charge in [0.1, 0.15) is 0 Å². The number of nitrogens with one attached hydrogen (secondary N) is 1. The lowest BCUT2D eigenvalue weighted by Crippen LogP contribution is -2.29. The zero-order chi connectivity index (χ0) is 36.4. The third-order valence-corrected chi connectivity index (χ3v) is 12.9. The number of rotatable bonds is 14. The minimum absolute atomic E-state index is 0.452. The number of hydrogen-bond acceptors (Lipinski definition) is 1. The summed E-state index contributed by atoms with van der Waals surface area (Å²) in [4.78, 5) is 0. The van der Waals surface area contributed by atoms with Crippen molar-refractivity contribution in [3.8, 4) is 0 Å². The molecule has 0 aliphatic heterocycles. The SMILES string of the molecule is C=CC(CCCCC)c1ccc(C2=C3CCC=CC3=C(/C(C)=C/C=C(\CNC3C=CCCC3)c3ccc(C4CC=CC5C=CCCC54)cc3)CC2)cc1. The molecule has 0 bridgehead atoms. The average Bonchev–Trinajstić information content (AvgIpc) is 3.22. The first-order chi connectivity index (χ1) is 26.1. The standard InChI is InChI=1S/C52H63N/c1-4-6-8-16-39(5-2)40-27-31-44(32-28-40)50-36-35-47(51-22-13-14-23-52(50)51)38(3)25-26-45(37-53-46-19-9-7-10-20-46)41-29-33-43(34-30-41)49-24-15-18-42-17-11-12-21-48(42)49/h5,9,11,13,15,17-19,22,25-34,39,42,46,48-49,53H,2,4,6-8,10,12,14,16,20-21,23-24,35-37H2,1,3H3/b38-25+,45-26+. The number of fused-ring (bicyclic) bond motifs is 2. The molecule has 0 amide bonds. The van der Waals surface area contributed by atoms with Gasteiger partial charge >= 0.3 is 0 Å². The minimum Gasteiger partial charge on any atom is -0.306 e. The molecule has 5 unspecified atom stereocenters. The summed E-state index contributed by atoms with van der Waals surface area (Å²) in [5, 5.41) is 3.90. The molecular weight excluding hydrogens is 639 g/mol. The van der Waals surface area contributed by atoms with Crippen LogP contribution in [0.5, 0.6) is 0 Å². The van der Waals surface area contributed by atoms with Crippen molar-refractivity contribution in [3.05, 3.63) is 166 Å². The van der Waals surface area contributed by atoms with Crippen molar-refractivity contribution in [1.82, 2.24) is 5.32 Å². The average molecular weight is 702 g/mol. The molecule has 276 valence electrons. The summed E-state index contributed by atoms with van der Waals surface area (Å²) in [6.45, 7) is 9.67. The Hall–Kier alpha value is -3.94. The van der Waals surface area contributed by atoms with E-state index in [1.165, 1.54) is 109 Å². The van der Waals surface area contributed by atoms with Crippen LogP contribution in [0.15, 0.2) is 144 Å². The van der Waals surface area contributed by atoms with Crippen molar-refractivity contribution >= 4 is 11.1 Å². The van der Waals surface area contributed by atoms with Gasteiger partial charge in [0.25, 0.3) is 0 Å². The Labute approximate surface area is 321 Å². The lowest BCUT2D eigenvalue weighted by atomic mass is 9.69. The van der Waals surface area contributed by atoms with Crippen molar-refractivity contribution in [2.75, 3.05) is 6.54 Å². The largest absolute Gasteiger partial charge is 0.306 e. The highest BCUT2D eigenvalue weighted by atomic mass is 14.9. The van der Waals surface area contributed by atoms with E-state index in [1.54, 1.807) is 11.1 Å². The van der Waals surface area contributed by atoms with E-state index in [4.69, 9.17) is 0 Å². The van der Waals surface area contributed by atoms with Crippen LogP contribution in [-0.4, -0.2) is 12.6 Å². The van der Waals surface area contributed by atoms with Crippen LogP contribution in [0.25, 0.3) is 11.1 Å². The first-order valence-electron chi connectivity index (χ1n) is 21.2. The van der Waals surface area contributed by atoms with Crippen molar-refractivity contribution in [3.63, 3.8) is 0 Å². The van der Waals surface area contributed by atoms with Gasteiger partial charge in [-0.15, -0.1) is 6.58 Å². The molecule has 0 radical (unpaired) electrons. The quantitative estimate of drug-likeness (QED) is 0.117. The van der Waals surface area contributed by atoms with Crippen molar-refractivity contribution in [2.24, 2.45) is 11.8 Å². The van der Waals surface area contributed by atoms with Crippen molar-refractivity contribution in [2.45, 2.75) is 122 Å². The summed E-state index contributed by atoms with van der Waals surface area (Å²) >= 11 is 0. The number of hydrogen-bond donors (Lipinski definition) is 1. The molecule has 1 heteroatoms. The van der Waals surface area contributed by atoms with Gasteiger partial charge in [0, 0.05) is 18.5 Å². The van der Waals surface area contributed by atoms with Gasteiger partial charge in [-0.2, -0.15) is 0 Å². The molecule has 0 spiro atoms. The van der Waals surface area contributed by atoms with Crippen LogP contribution in [0, 0.1) is 11.8 Å². The lowest BCUT2D eigenvalue weighted by molar-refractivity contribution is 0.321. The predicted octanol–water partition coefficient (Wildman–Crippen LogP) is 14.1. The third-order valence-electron chi connectivity index (χ3n) is 12.9. The molecule has 5 aliphatic rings. The van der Waals surface area contributed by atoms with Gasteiger partial charge in [0.15, 0.2) is 0 Å². The van der Waals surface area contributed by atoms with Gasteiger partial charge in [0.2, 0.25) is 0 Å². The zero-order valence-electron chi connectivity index (χ0n) is 32.7. The van der Waals surface area contributed by atoms with E-state index in [-0.39, 0.29) is 0 Å². The smallest absolute Gasteiger partial charge is 0.0253 e. The molecule has 0 heterocycles. The van der Waals surface area contributed by atoms with Gasteiger partial charge in [-0.05, 0) is 151 Å². The first-order valence-corrected chi connectivity index (χ1v) is 21.2. The van der Waals surface area contributed by atoms with Gasteiger partial charge < -0.3 is 5.32 Å². The van der Waals surface area contributed by atoms with Gasteiger partial charge in [-0.3, -0.25) is 0 Å². The Bertz CT molecular complexity index is 1810. The summed E-state index contributed by atoms with van der Waals surface area (Å²) in [6, 6.07) is 19.7. The summed E-state index contributed by atoms with van der Waals surface area (Å²) in [5.74, 6) is 2.42. The second kappa shape index (κ2) is 18.4. The van der Waals surface area contributed by atoms with Crippen LogP contribution in [0.1, 0.15) is 138 Å². The highest BCUT2D eigenvalue weighted by molar-refractivity contribution is 5.78. The molecule has 0 saturated heterocycles. The Kier molecular flexibility index (Phi) is 13.0. The van der Waals surface area contributed by atoms with Crippen LogP contribution in [0.3, 0.4) is 0 Å². The van der Waals surface area contributed by atoms with Gasteiger partial charge in [-0.1, -0.05) is 142 Å². The summed E-state index contributed by atoms with van der Waals surface area (Å²) in [5.41, 5.74) is 14.6. The monoisotopic (exact) mass is 701 g/mol. The highest BCUT2D eigenvalue weighted by Gasteiger charge is 2.31. The lowest BCUT2D eigenvalue weighted by Gasteiger charge is -2.36. The highest BCUT2D eigenvalue weighted by Crippen LogP contribution is 2.45. The van der Waals surface area contributed by atoms with Crippen LogP contribution >= 0.6 is 0 Å². The molecule has 2 aromatic carbocycles. The molecular formula is C52H63N. The molecule has 1 nitrogen and oxygen atoms in total. The first kappa shape index (κ1) is 37.4. The molecule has 0 fully saturated rings. The maximum atomic E-state index is 4.17. The molecule has 53 heavy (non-hydrogen) atoms. The molecule has 0 saturated carbocycles. The van der Waals surface area contributed by atoms with E-state index in [9.17, 15) is 0 Å². The molecule has 1 N–H and O–H groups in total. The van der Waals surface area contributed by atoms with Gasteiger partial charge in [0.05, 0.1) is 0 Å². The van der Waals surface area contributed by atoms with E-state index in [0.717, 1.165) is 38.1 Å². The summed E-state index contributed by atoms with van der Waals surface area (Å²) in [7, 11) is 0. The van der Waals surface area contributed by atoms with Crippen molar-refractivity contribution in [1.29, 1.82) is 0 Å². The second-order valence-electron chi connectivity index (χ2n) is 16.3. The molecule has 5 atom stereocenters. The minimum atomic E-state index is 0.452. The van der Waals surface area contributed by atoms with Crippen molar-refractivity contribution < 1.29 is 0 Å². The Balaban J connectivity index is 1.14. The normalized spacial score (nSPS) is 25.0. The topological polar surface area (TPSA) is 12.0 Å². The number of benzene rings is 2. The van der Waals surface area contributed by atoms with E-state index in [0.29, 0.717) is 23.8 Å². The second-order valence-corrected chi connectivity index (χ2v) is 16.3. The third kappa shape index (κ3) is 9.06. The maximum Gasteiger partial charge on any atom is 0.0253 e. The van der Waals surface area contributed by atoms with E-state index >= 15 is 0 Å². The Morgan fingerprint density at radius 2 is 1.66 bits per heavy atom. The van der Waals surface area contributed by atoms with Crippen LogP contribution in [0.4, 0.5) is 0 Å². The van der Waals surface area contributed by atoms with E-state index < -0.39 is 0 Å². The predicted molar refractivity (Wildman–Crippen MR) is 230 cm³/mol. The molecule has 2 aromatic rings. The molecule has 0 aromatic heterocycles. The summed E-state index contributed by atoms with van der Waals surface area (Å²) in [6.07, 6.45) is 43.1. The zero-order valence-corrected chi connectivity index (χ0v) is 32.7. The van der Waals surface area contributed by atoms with Crippen LogP contribution < -0.4 is 5.32 Å². The maximum absolute atomic E-state index is 4.17. The fourth-order valence-corrected chi connectivity index (χ4v) is 9.74. The number of allylic oxidation sites excluding steroid dienone is 15. The van der Waals surface area contributed by atoms with Gasteiger partial charge in [-0.25, -0.2) is 0 Å². The van der Waals surface area contributed by atoms with E-state index in [2.05, 4.69) is 141 Å².